The zero-order valence-corrected chi connectivity index (χ0v) is 15.8. The SMILES string of the molecule is C[C@H]1OCCN[C@@H]1C(=O)Nc1nc(-c2ccc3c(c2)OCCO3)cs1.Cl. The minimum Gasteiger partial charge on any atom is -0.486 e. The molecule has 2 atom stereocenters. The van der Waals surface area contributed by atoms with Crippen molar-refractivity contribution in [2.75, 3.05) is 31.7 Å². The van der Waals surface area contributed by atoms with Crippen LogP contribution in [0.3, 0.4) is 0 Å². The summed E-state index contributed by atoms with van der Waals surface area (Å²) in [6.07, 6.45) is -0.161. The number of thiazole rings is 1. The molecule has 9 heteroatoms. The third kappa shape index (κ3) is 3.93. The Balaban J connectivity index is 0.00000196. The van der Waals surface area contributed by atoms with E-state index in [1.807, 2.05) is 30.5 Å². The van der Waals surface area contributed by atoms with Crippen LogP contribution in [-0.4, -0.2) is 49.4 Å². The molecule has 1 saturated heterocycles. The molecule has 2 aliphatic rings. The van der Waals surface area contributed by atoms with E-state index in [0.29, 0.717) is 31.5 Å². The van der Waals surface area contributed by atoms with Crippen LogP contribution < -0.4 is 20.1 Å². The Morgan fingerprint density at radius 1 is 1.27 bits per heavy atom. The number of halogens is 1. The molecule has 2 aromatic rings. The molecule has 0 saturated carbocycles. The lowest BCUT2D eigenvalue weighted by molar-refractivity contribution is -0.123. The van der Waals surface area contributed by atoms with E-state index in [1.54, 1.807) is 0 Å². The number of carbonyl (C=O) groups excluding carboxylic acids is 1. The lowest BCUT2D eigenvalue weighted by Gasteiger charge is -2.28. The summed E-state index contributed by atoms with van der Waals surface area (Å²) in [5.41, 5.74) is 1.71. The van der Waals surface area contributed by atoms with Gasteiger partial charge in [-0.15, -0.1) is 23.7 Å². The van der Waals surface area contributed by atoms with Crippen molar-refractivity contribution in [1.82, 2.24) is 10.3 Å². The van der Waals surface area contributed by atoms with Gasteiger partial charge in [-0.05, 0) is 25.1 Å². The summed E-state index contributed by atoms with van der Waals surface area (Å²) in [5.74, 6) is 1.34. The van der Waals surface area contributed by atoms with Gasteiger partial charge in [-0.2, -0.15) is 0 Å². The Labute approximate surface area is 161 Å². The summed E-state index contributed by atoms with van der Waals surface area (Å²) in [6, 6.07) is 5.36. The van der Waals surface area contributed by atoms with Gasteiger partial charge in [0.2, 0.25) is 5.91 Å². The van der Waals surface area contributed by atoms with E-state index in [0.717, 1.165) is 22.8 Å². The molecule has 0 bridgehead atoms. The van der Waals surface area contributed by atoms with Crippen molar-refractivity contribution < 1.29 is 19.0 Å². The first kappa shape index (κ1) is 18.9. The van der Waals surface area contributed by atoms with Crippen LogP contribution in [0.5, 0.6) is 11.5 Å². The molecule has 3 heterocycles. The van der Waals surface area contributed by atoms with E-state index in [-0.39, 0.29) is 30.5 Å². The standard InChI is InChI=1S/C17H19N3O4S.ClH/c1-10-15(18-4-5-22-10)16(21)20-17-19-12(9-25-17)11-2-3-13-14(8-11)24-7-6-23-13;/h2-3,8-10,15,18H,4-7H2,1H3,(H,19,20,21);1H/t10-,15+;/m1./s1. The van der Waals surface area contributed by atoms with Gasteiger partial charge in [-0.3, -0.25) is 4.79 Å². The minimum atomic E-state index is -0.365. The first-order valence-corrected chi connectivity index (χ1v) is 9.10. The fourth-order valence-corrected chi connectivity index (χ4v) is 3.60. The number of fused-ring (bicyclic) bond motifs is 1. The fourth-order valence-electron chi connectivity index (χ4n) is 2.88. The molecule has 0 aliphatic carbocycles. The van der Waals surface area contributed by atoms with Crippen LogP contribution in [0.1, 0.15) is 6.92 Å². The number of benzene rings is 1. The van der Waals surface area contributed by atoms with Crippen LogP contribution in [0.4, 0.5) is 5.13 Å². The number of aromatic nitrogens is 1. The zero-order chi connectivity index (χ0) is 17.2. The third-order valence-corrected chi connectivity index (χ3v) is 4.93. The quantitative estimate of drug-likeness (QED) is 0.827. The molecule has 140 valence electrons. The van der Waals surface area contributed by atoms with Gasteiger partial charge >= 0.3 is 0 Å². The van der Waals surface area contributed by atoms with Crippen LogP contribution in [0.2, 0.25) is 0 Å². The molecule has 26 heavy (non-hydrogen) atoms. The number of hydrogen-bond donors (Lipinski definition) is 2. The Kier molecular flexibility index (Phi) is 5.98. The largest absolute Gasteiger partial charge is 0.486 e. The zero-order valence-electron chi connectivity index (χ0n) is 14.2. The summed E-state index contributed by atoms with van der Waals surface area (Å²) >= 11 is 1.39. The highest BCUT2D eigenvalue weighted by Gasteiger charge is 2.28. The Morgan fingerprint density at radius 3 is 2.88 bits per heavy atom. The number of ether oxygens (including phenoxy) is 3. The van der Waals surface area contributed by atoms with Crippen LogP contribution in [0, 0.1) is 0 Å². The monoisotopic (exact) mass is 397 g/mol. The molecule has 2 aliphatic heterocycles. The van der Waals surface area contributed by atoms with Crippen molar-refractivity contribution in [3.8, 4) is 22.8 Å². The van der Waals surface area contributed by atoms with Gasteiger partial charge in [-0.1, -0.05) is 0 Å². The molecule has 0 unspecified atom stereocenters. The normalized spacial score (nSPS) is 21.6. The van der Waals surface area contributed by atoms with Gasteiger partial charge in [0.15, 0.2) is 16.6 Å². The smallest absolute Gasteiger partial charge is 0.245 e. The molecule has 1 aromatic carbocycles. The fraction of sp³-hybridized carbons (Fsp3) is 0.412. The van der Waals surface area contributed by atoms with Gasteiger partial charge in [-0.25, -0.2) is 4.98 Å². The van der Waals surface area contributed by atoms with Crippen molar-refractivity contribution in [1.29, 1.82) is 0 Å². The number of anilines is 1. The second-order valence-corrected chi connectivity index (χ2v) is 6.75. The van der Waals surface area contributed by atoms with Gasteiger partial charge in [0.25, 0.3) is 0 Å². The van der Waals surface area contributed by atoms with Crippen molar-refractivity contribution in [3.05, 3.63) is 23.6 Å². The van der Waals surface area contributed by atoms with Crippen molar-refractivity contribution in [2.24, 2.45) is 0 Å². The predicted octanol–water partition coefficient (Wildman–Crippen LogP) is 2.32. The van der Waals surface area contributed by atoms with E-state index in [1.165, 1.54) is 11.3 Å². The molecular formula is C17H20ClN3O4S. The number of nitrogens with zero attached hydrogens (tertiary/aromatic N) is 1. The minimum absolute atomic E-state index is 0. The van der Waals surface area contributed by atoms with Gasteiger partial charge in [0, 0.05) is 17.5 Å². The summed E-state index contributed by atoms with van der Waals surface area (Å²) in [6.45, 7) is 4.29. The first-order chi connectivity index (χ1) is 12.2. The molecule has 7 nitrogen and oxygen atoms in total. The maximum atomic E-state index is 12.4. The molecule has 4 rings (SSSR count). The highest BCUT2D eigenvalue weighted by molar-refractivity contribution is 7.14. The van der Waals surface area contributed by atoms with Gasteiger partial charge in [0.05, 0.1) is 18.4 Å². The number of nitrogens with one attached hydrogen (secondary N) is 2. The highest BCUT2D eigenvalue weighted by atomic mass is 35.5. The second-order valence-electron chi connectivity index (χ2n) is 5.89. The summed E-state index contributed by atoms with van der Waals surface area (Å²) < 4.78 is 16.6. The number of carbonyl (C=O) groups is 1. The van der Waals surface area contributed by atoms with Crippen LogP contribution in [0.25, 0.3) is 11.3 Å². The summed E-state index contributed by atoms with van der Waals surface area (Å²) in [4.78, 5) is 16.9. The summed E-state index contributed by atoms with van der Waals surface area (Å²) in [5, 5.41) is 8.51. The lowest BCUT2D eigenvalue weighted by atomic mass is 10.1. The van der Waals surface area contributed by atoms with Crippen molar-refractivity contribution >= 4 is 34.8 Å². The van der Waals surface area contributed by atoms with Crippen LogP contribution in [-0.2, 0) is 9.53 Å². The third-order valence-electron chi connectivity index (χ3n) is 4.17. The van der Waals surface area contributed by atoms with E-state index in [4.69, 9.17) is 14.2 Å². The summed E-state index contributed by atoms with van der Waals surface area (Å²) in [7, 11) is 0. The number of amides is 1. The number of rotatable bonds is 3. The van der Waals surface area contributed by atoms with Crippen LogP contribution in [0.15, 0.2) is 23.6 Å². The first-order valence-electron chi connectivity index (χ1n) is 8.22. The molecule has 0 spiro atoms. The van der Waals surface area contributed by atoms with E-state index in [2.05, 4.69) is 15.6 Å². The topological polar surface area (TPSA) is 81.7 Å². The van der Waals surface area contributed by atoms with Crippen LogP contribution >= 0.6 is 23.7 Å². The Hall–Kier alpha value is -1.87. The number of hydrogen-bond acceptors (Lipinski definition) is 7. The molecule has 1 aromatic heterocycles. The molecule has 0 radical (unpaired) electrons. The van der Waals surface area contributed by atoms with E-state index < -0.39 is 0 Å². The lowest BCUT2D eigenvalue weighted by Crippen LogP contribution is -2.53. The highest BCUT2D eigenvalue weighted by Crippen LogP contribution is 2.35. The molecule has 1 amide bonds. The molecular weight excluding hydrogens is 378 g/mol. The van der Waals surface area contributed by atoms with Crippen molar-refractivity contribution in [3.63, 3.8) is 0 Å². The Bertz CT molecular complexity index is 785. The Morgan fingerprint density at radius 2 is 2.08 bits per heavy atom. The average molecular weight is 398 g/mol. The predicted molar refractivity (Wildman–Crippen MR) is 102 cm³/mol. The molecule has 1 fully saturated rings. The van der Waals surface area contributed by atoms with Crippen molar-refractivity contribution in [2.45, 2.75) is 19.1 Å². The maximum Gasteiger partial charge on any atom is 0.245 e. The maximum absolute atomic E-state index is 12.4. The van der Waals surface area contributed by atoms with Gasteiger partial charge < -0.3 is 24.8 Å². The van der Waals surface area contributed by atoms with Gasteiger partial charge in [0.1, 0.15) is 19.3 Å². The van der Waals surface area contributed by atoms with E-state index in [9.17, 15) is 4.79 Å². The number of morpholine rings is 1. The van der Waals surface area contributed by atoms with E-state index >= 15 is 0 Å². The molecule has 2 N–H and O–H groups in total. The average Bonchev–Trinajstić information content (AvgIpc) is 3.10. The second kappa shape index (κ2) is 8.22.